The first-order valence-electron chi connectivity index (χ1n) is 15.1. The van der Waals surface area contributed by atoms with E-state index >= 15 is 0 Å². The van der Waals surface area contributed by atoms with Crippen LogP contribution < -0.4 is 5.32 Å². The van der Waals surface area contributed by atoms with Gasteiger partial charge in [0.1, 0.15) is 0 Å². The standard InChI is InChI=1S/C35H39N3O6S/c1-23-30(22-45-35-36-16-17-38(35)2)43-34(44-33(23)26-14-12-24(21-39)13-15-26)29-9-4-8-28(19-29)27-7-3-6-25(18-27)20-37-31(40)10-5-11-32(41)42/h3-4,6-9,12-19,23,30,33-34,39H,5,10-11,20-22H2,1-2H3,(H,37,40)(H,41,42)/t23-,30+,33+,34+/m1/s1. The topological polar surface area (TPSA) is 123 Å². The Bertz CT molecular complexity index is 1590. The monoisotopic (exact) mass is 629 g/mol. The molecule has 3 N–H and O–H groups in total. The van der Waals surface area contributed by atoms with Crippen LogP contribution in [0.1, 0.15) is 60.8 Å². The first-order valence-corrected chi connectivity index (χ1v) is 16.1. The molecule has 1 amide bonds. The van der Waals surface area contributed by atoms with Gasteiger partial charge in [-0.25, -0.2) is 4.98 Å². The van der Waals surface area contributed by atoms with Crippen LogP contribution in [0.3, 0.4) is 0 Å². The number of hydrogen-bond donors (Lipinski definition) is 3. The Labute approximate surface area is 267 Å². The van der Waals surface area contributed by atoms with Crippen LogP contribution in [-0.2, 0) is 39.3 Å². The van der Waals surface area contributed by atoms with Crippen molar-refractivity contribution in [1.82, 2.24) is 14.9 Å². The number of thioether (sulfide) groups is 1. The average molecular weight is 630 g/mol. The third-order valence-electron chi connectivity index (χ3n) is 7.98. The molecule has 1 aromatic heterocycles. The highest BCUT2D eigenvalue weighted by Crippen LogP contribution is 2.43. The lowest BCUT2D eigenvalue weighted by Crippen LogP contribution is -2.38. The molecule has 45 heavy (non-hydrogen) atoms. The summed E-state index contributed by atoms with van der Waals surface area (Å²) in [6.45, 7) is 2.50. The highest BCUT2D eigenvalue weighted by atomic mass is 32.2. The highest BCUT2D eigenvalue weighted by molar-refractivity contribution is 7.99. The molecule has 3 aromatic carbocycles. The van der Waals surface area contributed by atoms with E-state index in [2.05, 4.69) is 23.3 Å². The molecule has 0 bridgehead atoms. The number of aromatic nitrogens is 2. The van der Waals surface area contributed by atoms with Gasteiger partial charge in [-0.2, -0.15) is 0 Å². The van der Waals surface area contributed by atoms with Crippen molar-refractivity contribution in [1.29, 1.82) is 0 Å². The van der Waals surface area contributed by atoms with Crippen LogP contribution in [0.2, 0.25) is 0 Å². The number of amides is 1. The average Bonchev–Trinajstić information content (AvgIpc) is 3.47. The Morgan fingerprint density at radius 3 is 2.42 bits per heavy atom. The van der Waals surface area contributed by atoms with Gasteiger partial charge in [-0.3, -0.25) is 9.59 Å². The molecule has 236 valence electrons. The van der Waals surface area contributed by atoms with Crippen molar-refractivity contribution in [2.75, 3.05) is 5.75 Å². The van der Waals surface area contributed by atoms with Crippen molar-refractivity contribution in [3.8, 4) is 11.1 Å². The molecular formula is C35H39N3O6S. The second kappa shape index (κ2) is 15.4. The number of hydrogen-bond acceptors (Lipinski definition) is 7. The minimum absolute atomic E-state index is 0.0107. The van der Waals surface area contributed by atoms with Crippen molar-refractivity contribution in [3.05, 3.63) is 107 Å². The van der Waals surface area contributed by atoms with Gasteiger partial charge in [0.2, 0.25) is 5.91 Å². The van der Waals surface area contributed by atoms with E-state index in [1.807, 2.05) is 84.5 Å². The van der Waals surface area contributed by atoms with Gasteiger partial charge in [0.05, 0.1) is 18.8 Å². The quantitative estimate of drug-likeness (QED) is 0.153. The van der Waals surface area contributed by atoms with Crippen LogP contribution in [0.25, 0.3) is 11.1 Å². The van der Waals surface area contributed by atoms with Gasteiger partial charge < -0.3 is 29.6 Å². The summed E-state index contributed by atoms with van der Waals surface area (Å²) >= 11 is 1.66. The largest absolute Gasteiger partial charge is 0.481 e. The number of aliphatic hydroxyl groups is 1. The lowest BCUT2D eigenvalue weighted by Gasteiger charge is -2.41. The third-order valence-corrected chi connectivity index (χ3v) is 9.13. The molecule has 0 spiro atoms. The molecule has 0 radical (unpaired) electrons. The second-order valence-corrected chi connectivity index (χ2v) is 12.3. The molecule has 1 fully saturated rings. The van der Waals surface area contributed by atoms with E-state index in [1.54, 1.807) is 18.0 Å². The van der Waals surface area contributed by atoms with Gasteiger partial charge in [0, 0.05) is 56.1 Å². The molecule has 1 aliphatic heterocycles. The predicted molar refractivity (Wildman–Crippen MR) is 172 cm³/mol. The van der Waals surface area contributed by atoms with Crippen LogP contribution in [-0.4, -0.2) is 43.5 Å². The molecule has 1 aliphatic rings. The molecular weight excluding hydrogens is 590 g/mol. The normalized spacial score (nSPS) is 19.7. The van der Waals surface area contributed by atoms with Crippen molar-refractivity contribution >= 4 is 23.6 Å². The van der Waals surface area contributed by atoms with Crippen LogP contribution in [0.4, 0.5) is 0 Å². The highest BCUT2D eigenvalue weighted by Gasteiger charge is 2.38. The number of carboxylic acid groups (broad SMARTS) is 1. The Morgan fingerprint density at radius 1 is 0.956 bits per heavy atom. The van der Waals surface area contributed by atoms with Gasteiger partial charge in [-0.05, 0) is 46.4 Å². The molecule has 4 aromatic rings. The molecule has 1 saturated heterocycles. The smallest absolute Gasteiger partial charge is 0.303 e. The number of carboxylic acids is 1. The zero-order valence-corrected chi connectivity index (χ0v) is 26.3. The number of ether oxygens (including phenoxy) is 2. The Hall–Kier alpha value is -3.96. The third kappa shape index (κ3) is 8.61. The van der Waals surface area contributed by atoms with Crippen LogP contribution in [0.15, 0.2) is 90.3 Å². The molecule has 2 heterocycles. The second-order valence-electron chi connectivity index (χ2n) is 11.3. The van der Waals surface area contributed by atoms with Crippen molar-refractivity contribution < 1.29 is 29.3 Å². The Balaban J connectivity index is 1.33. The molecule has 9 nitrogen and oxygen atoms in total. The molecule has 0 saturated carbocycles. The number of benzene rings is 3. The van der Waals surface area contributed by atoms with Gasteiger partial charge in [-0.1, -0.05) is 79.3 Å². The summed E-state index contributed by atoms with van der Waals surface area (Å²) in [4.78, 5) is 27.3. The van der Waals surface area contributed by atoms with Crippen LogP contribution >= 0.6 is 11.8 Å². The number of carbonyl (C=O) groups excluding carboxylic acids is 1. The lowest BCUT2D eigenvalue weighted by molar-refractivity contribution is -0.268. The summed E-state index contributed by atoms with van der Waals surface area (Å²) in [6, 6.07) is 24.0. The molecule has 5 rings (SSSR count). The molecule has 0 aliphatic carbocycles. The van der Waals surface area contributed by atoms with E-state index in [-0.39, 0.29) is 43.5 Å². The zero-order valence-electron chi connectivity index (χ0n) is 25.5. The van der Waals surface area contributed by atoms with E-state index in [9.17, 15) is 14.7 Å². The number of aliphatic hydroxyl groups excluding tert-OH is 1. The van der Waals surface area contributed by atoms with Gasteiger partial charge in [0.15, 0.2) is 11.4 Å². The van der Waals surface area contributed by atoms with Crippen molar-refractivity contribution in [2.45, 2.75) is 63.0 Å². The van der Waals surface area contributed by atoms with E-state index in [1.165, 1.54) is 0 Å². The minimum Gasteiger partial charge on any atom is -0.481 e. The molecule has 0 unspecified atom stereocenters. The summed E-state index contributed by atoms with van der Waals surface area (Å²) in [5.74, 6) is -0.294. The molecule has 4 atom stereocenters. The first kappa shape index (κ1) is 32.4. The number of imidazole rings is 1. The molecule has 10 heteroatoms. The van der Waals surface area contributed by atoms with Crippen LogP contribution in [0, 0.1) is 5.92 Å². The maximum Gasteiger partial charge on any atom is 0.303 e. The van der Waals surface area contributed by atoms with E-state index in [0.29, 0.717) is 18.7 Å². The SMILES string of the molecule is C[C@@H]1[C@H](CSc2nccn2C)O[C@H](c2cccc(-c3cccc(CNC(=O)CCCC(=O)O)c3)c2)O[C@@H]1c1ccc(CO)cc1. The predicted octanol–water partition coefficient (Wildman–Crippen LogP) is 6.03. The fourth-order valence-electron chi connectivity index (χ4n) is 5.37. The number of carbonyl (C=O) groups is 2. The van der Waals surface area contributed by atoms with Crippen molar-refractivity contribution in [3.63, 3.8) is 0 Å². The van der Waals surface area contributed by atoms with Gasteiger partial charge in [0.25, 0.3) is 0 Å². The number of rotatable bonds is 13. The Morgan fingerprint density at radius 2 is 1.71 bits per heavy atom. The number of aliphatic carboxylic acids is 1. The summed E-state index contributed by atoms with van der Waals surface area (Å²) < 4.78 is 15.3. The maximum atomic E-state index is 12.2. The summed E-state index contributed by atoms with van der Waals surface area (Å²) in [5.41, 5.74) is 5.73. The maximum absolute atomic E-state index is 12.2. The number of aryl methyl sites for hydroxylation is 1. The lowest BCUT2D eigenvalue weighted by atomic mass is 9.91. The van der Waals surface area contributed by atoms with E-state index in [0.717, 1.165) is 38.5 Å². The fourth-order valence-corrected chi connectivity index (χ4v) is 6.47. The fraction of sp³-hybridized carbons (Fsp3) is 0.343. The first-order chi connectivity index (χ1) is 21.8. The van der Waals surface area contributed by atoms with E-state index in [4.69, 9.17) is 14.6 Å². The zero-order chi connectivity index (χ0) is 31.8. The number of nitrogens with one attached hydrogen (secondary N) is 1. The Kier molecular flexibility index (Phi) is 11.1. The van der Waals surface area contributed by atoms with Crippen molar-refractivity contribution in [2.24, 2.45) is 13.0 Å². The number of nitrogens with zero attached hydrogens (tertiary/aromatic N) is 2. The van der Waals surface area contributed by atoms with Gasteiger partial charge in [-0.15, -0.1) is 0 Å². The minimum atomic E-state index is -0.901. The van der Waals surface area contributed by atoms with Gasteiger partial charge >= 0.3 is 5.97 Å². The van der Waals surface area contributed by atoms with Crippen LogP contribution in [0.5, 0.6) is 0 Å². The van der Waals surface area contributed by atoms with E-state index < -0.39 is 12.3 Å². The summed E-state index contributed by atoms with van der Waals surface area (Å²) in [5, 5.41) is 22.1. The summed E-state index contributed by atoms with van der Waals surface area (Å²) in [7, 11) is 1.98. The summed E-state index contributed by atoms with van der Waals surface area (Å²) in [6.07, 6.45) is 3.28.